The first-order chi connectivity index (χ1) is 9.70. The van der Waals surface area contributed by atoms with Crippen molar-refractivity contribution in [1.29, 1.82) is 0 Å². The van der Waals surface area contributed by atoms with Crippen LogP contribution in [0.3, 0.4) is 0 Å². The van der Waals surface area contributed by atoms with Gasteiger partial charge in [0.2, 0.25) is 0 Å². The van der Waals surface area contributed by atoms with Crippen LogP contribution in [0.4, 0.5) is 0 Å². The Bertz CT molecular complexity index is 858. The highest BCUT2D eigenvalue weighted by molar-refractivity contribution is 5.82. The molecule has 2 heterocycles. The van der Waals surface area contributed by atoms with Gasteiger partial charge in [-0.25, -0.2) is 9.97 Å². The standard InChI is InChI=1S/C16H14N4/c1-9-7-13-14(8-10(9)2)20-16(19-13)15-17-11-5-3-4-6-12(11)18-15/h3-8H,1-2H3,(H,17,18)(H,19,20). The second-order valence-corrected chi connectivity index (χ2v) is 5.14. The second-order valence-electron chi connectivity index (χ2n) is 5.14. The number of aromatic amines is 2. The van der Waals surface area contributed by atoms with Gasteiger partial charge in [0, 0.05) is 0 Å². The molecule has 0 spiro atoms. The average molecular weight is 262 g/mol. The number of para-hydroxylation sites is 2. The summed E-state index contributed by atoms with van der Waals surface area (Å²) in [6.07, 6.45) is 0. The van der Waals surface area contributed by atoms with Crippen LogP contribution in [-0.4, -0.2) is 19.9 Å². The lowest BCUT2D eigenvalue weighted by Crippen LogP contribution is -1.81. The van der Waals surface area contributed by atoms with Crippen LogP contribution in [0.15, 0.2) is 36.4 Å². The molecule has 2 aromatic heterocycles. The van der Waals surface area contributed by atoms with Gasteiger partial charge in [-0.3, -0.25) is 0 Å². The van der Waals surface area contributed by atoms with Gasteiger partial charge < -0.3 is 9.97 Å². The Morgan fingerprint density at radius 1 is 0.750 bits per heavy atom. The van der Waals surface area contributed by atoms with E-state index < -0.39 is 0 Å². The summed E-state index contributed by atoms with van der Waals surface area (Å²) in [5.41, 5.74) is 6.51. The Morgan fingerprint density at radius 3 is 2.20 bits per heavy atom. The maximum Gasteiger partial charge on any atom is 0.174 e. The summed E-state index contributed by atoms with van der Waals surface area (Å²) >= 11 is 0. The van der Waals surface area contributed by atoms with Crippen LogP contribution in [0.25, 0.3) is 33.7 Å². The zero-order valence-electron chi connectivity index (χ0n) is 11.4. The molecule has 4 nitrogen and oxygen atoms in total. The van der Waals surface area contributed by atoms with Crippen LogP contribution in [0.1, 0.15) is 11.1 Å². The Hall–Kier alpha value is -2.62. The number of hydrogen-bond donors (Lipinski definition) is 2. The molecule has 0 amide bonds. The second kappa shape index (κ2) is 3.93. The molecule has 2 N–H and O–H groups in total. The number of benzene rings is 2. The molecule has 0 unspecified atom stereocenters. The summed E-state index contributed by atoms with van der Waals surface area (Å²) in [6.45, 7) is 4.21. The normalized spacial score (nSPS) is 11.5. The SMILES string of the molecule is Cc1cc2nc(-c3nc4ccccc4[nH]3)[nH]c2cc1C. The van der Waals surface area contributed by atoms with Crippen molar-refractivity contribution in [3.8, 4) is 11.6 Å². The third-order valence-corrected chi connectivity index (χ3v) is 3.71. The first-order valence-corrected chi connectivity index (χ1v) is 6.63. The Labute approximate surface area is 115 Å². The number of aromatic nitrogens is 4. The van der Waals surface area contributed by atoms with Crippen molar-refractivity contribution < 1.29 is 0 Å². The van der Waals surface area contributed by atoms with Crippen molar-refractivity contribution in [2.24, 2.45) is 0 Å². The lowest BCUT2D eigenvalue weighted by Gasteiger charge is -1.97. The third-order valence-electron chi connectivity index (χ3n) is 3.71. The molecule has 0 aliphatic rings. The van der Waals surface area contributed by atoms with Crippen molar-refractivity contribution in [2.45, 2.75) is 13.8 Å². The number of nitrogens with one attached hydrogen (secondary N) is 2. The number of imidazole rings is 2. The van der Waals surface area contributed by atoms with Crippen LogP contribution < -0.4 is 0 Å². The molecule has 4 aromatic rings. The third kappa shape index (κ3) is 1.61. The Balaban J connectivity index is 1.93. The van der Waals surface area contributed by atoms with Crippen molar-refractivity contribution in [1.82, 2.24) is 19.9 Å². The number of rotatable bonds is 1. The fourth-order valence-electron chi connectivity index (χ4n) is 2.45. The van der Waals surface area contributed by atoms with Gasteiger partial charge in [-0.05, 0) is 49.2 Å². The van der Waals surface area contributed by atoms with E-state index in [1.807, 2.05) is 24.3 Å². The molecule has 0 fully saturated rings. The number of hydrogen-bond acceptors (Lipinski definition) is 2. The minimum absolute atomic E-state index is 0.776. The number of nitrogens with zero attached hydrogens (tertiary/aromatic N) is 2. The van der Waals surface area contributed by atoms with E-state index in [0.29, 0.717) is 0 Å². The predicted molar refractivity (Wildman–Crippen MR) is 80.7 cm³/mol. The van der Waals surface area contributed by atoms with Gasteiger partial charge in [-0.2, -0.15) is 0 Å². The lowest BCUT2D eigenvalue weighted by molar-refractivity contribution is 1.22. The molecule has 0 aliphatic heterocycles. The van der Waals surface area contributed by atoms with E-state index >= 15 is 0 Å². The molecular formula is C16H14N4. The van der Waals surface area contributed by atoms with Gasteiger partial charge in [0.15, 0.2) is 11.6 Å². The van der Waals surface area contributed by atoms with E-state index in [4.69, 9.17) is 0 Å². The maximum atomic E-state index is 4.63. The van der Waals surface area contributed by atoms with Gasteiger partial charge in [0.1, 0.15) is 0 Å². The van der Waals surface area contributed by atoms with Crippen LogP contribution >= 0.6 is 0 Å². The maximum absolute atomic E-state index is 4.63. The quantitative estimate of drug-likeness (QED) is 0.549. The Morgan fingerprint density at radius 2 is 1.40 bits per heavy atom. The van der Waals surface area contributed by atoms with Gasteiger partial charge >= 0.3 is 0 Å². The summed E-state index contributed by atoms with van der Waals surface area (Å²) in [6, 6.07) is 12.2. The van der Waals surface area contributed by atoms with E-state index in [0.717, 1.165) is 33.7 Å². The number of H-pyrrole nitrogens is 2. The monoisotopic (exact) mass is 262 g/mol. The fraction of sp³-hybridized carbons (Fsp3) is 0.125. The summed E-state index contributed by atoms with van der Waals surface area (Å²) in [5.74, 6) is 1.55. The van der Waals surface area contributed by atoms with Crippen LogP contribution in [0, 0.1) is 13.8 Å². The van der Waals surface area contributed by atoms with E-state index in [1.165, 1.54) is 11.1 Å². The molecule has 0 saturated carbocycles. The topological polar surface area (TPSA) is 57.4 Å². The van der Waals surface area contributed by atoms with E-state index in [2.05, 4.69) is 45.9 Å². The Kier molecular flexibility index (Phi) is 2.21. The minimum Gasteiger partial charge on any atom is -0.335 e. The fourth-order valence-corrected chi connectivity index (χ4v) is 2.45. The van der Waals surface area contributed by atoms with Crippen molar-refractivity contribution in [3.63, 3.8) is 0 Å². The molecule has 4 rings (SSSR count). The van der Waals surface area contributed by atoms with E-state index in [1.54, 1.807) is 0 Å². The molecule has 20 heavy (non-hydrogen) atoms. The number of fused-ring (bicyclic) bond motifs is 2. The molecule has 0 bridgehead atoms. The summed E-state index contributed by atoms with van der Waals surface area (Å²) in [5, 5.41) is 0. The van der Waals surface area contributed by atoms with Crippen LogP contribution in [0.2, 0.25) is 0 Å². The molecule has 0 radical (unpaired) electrons. The summed E-state index contributed by atoms with van der Waals surface area (Å²) < 4.78 is 0. The summed E-state index contributed by atoms with van der Waals surface area (Å²) in [7, 11) is 0. The van der Waals surface area contributed by atoms with Crippen molar-refractivity contribution >= 4 is 22.1 Å². The van der Waals surface area contributed by atoms with E-state index in [-0.39, 0.29) is 0 Å². The van der Waals surface area contributed by atoms with Crippen LogP contribution in [-0.2, 0) is 0 Å². The minimum atomic E-state index is 0.776. The average Bonchev–Trinajstić information content (AvgIpc) is 3.02. The van der Waals surface area contributed by atoms with Crippen molar-refractivity contribution in [2.75, 3.05) is 0 Å². The first kappa shape index (κ1) is 11.2. The van der Waals surface area contributed by atoms with Gasteiger partial charge in [-0.15, -0.1) is 0 Å². The molecule has 98 valence electrons. The van der Waals surface area contributed by atoms with Gasteiger partial charge in [-0.1, -0.05) is 12.1 Å². The predicted octanol–water partition coefficient (Wildman–Crippen LogP) is 3.72. The van der Waals surface area contributed by atoms with Gasteiger partial charge in [0.25, 0.3) is 0 Å². The van der Waals surface area contributed by atoms with Crippen molar-refractivity contribution in [3.05, 3.63) is 47.5 Å². The molecular weight excluding hydrogens is 248 g/mol. The molecule has 4 heteroatoms. The van der Waals surface area contributed by atoms with Crippen LogP contribution in [0.5, 0.6) is 0 Å². The summed E-state index contributed by atoms with van der Waals surface area (Å²) in [4.78, 5) is 15.8. The molecule has 0 atom stereocenters. The highest BCUT2D eigenvalue weighted by Crippen LogP contribution is 2.23. The highest BCUT2D eigenvalue weighted by atomic mass is 15.0. The zero-order valence-corrected chi connectivity index (χ0v) is 11.4. The molecule has 0 aliphatic carbocycles. The van der Waals surface area contributed by atoms with Gasteiger partial charge in [0.05, 0.1) is 22.1 Å². The first-order valence-electron chi connectivity index (χ1n) is 6.63. The lowest BCUT2D eigenvalue weighted by atomic mass is 10.1. The largest absolute Gasteiger partial charge is 0.335 e. The number of aryl methyl sites for hydroxylation is 2. The smallest absolute Gasteiger partial charge is 0.174 e. The molecule has 0 saturated heterocycles. The zero-order chi connectivity index (χ0) is 13.7. The van der Waals surface area contributed by atoms with E-state index in [9.17, 15) is 0 Å². The molecule has 2 aromatic carbocycles. The highest BCUT2D eigenvalue weighted by Gasteiger charge is 2.10.